The van der Waals surface area contributed by atoms with Crippen LogP contribution in [0.5, 0.6) is 0 Å². The number of anilines is 2. The van der Waals surface area contributed by atoms with E-state index in [0.29, 0.717) is 17.4 Å². The van der Waals surface area contributed by atoms with Gasteiger partial charge in [-0.15, -0.1) is 10.2 Å². The molecule has 0 saturated carbocycles. The summed E-state index contributed by atoms with van der Waals surface area (Å²) in [6.45, 7) is 3.81. The quantitative estimate of drug-likeness (QED) is 0.758. The Morgan fingerprint density at radius 2 is 1.79 bits per heavy atom. The molecule has 0 spiro atoms. The van der Waals surface area contributed by atoms with Crippen LogP contribution in [0.4, 0.5) is 11.8 Å². The number of rotatable bonds is 3. The number of nitrogens with zero attached hydrogens (tertiary/aromatic N) is 6. The van der Waals surface area contributed by atoms with E-state index >= 15 is 0 Å². The molecule has 1 aliphatic rings. The van der Waals surface area contributed by atoms with E-state index < -0.39 is 0 Å². The fourth-order valence-electron chi connectivity index (χ4n) is 3.79. The number of nitriles is 1. The minimum Gasteiger partial charge on any atom is -0.368 e. The predicted octanol–water partition coefficient (Wildman–Crippen LogP) is 3.02. The van der Waals surface area contributed by atoms with Crippen LogP contribution in [0.1, 0.15) is 35.8 Å². The molecule has 142 valence electrons. The molecule has 3 aromatic rings. The van der Waals surface area contributed by atoms with Gasteiger partial charge in [-0.05, 0) is 49.6 Å². The monoisotopic (exact) mass is 373 g/mol. The third kappa shape index (κ3) is 3.29. The van der Waals surface area contributed by atoms with Crippen molar-refractivity contribution in [2.45, 2.75) is 25.7 Å². The van der Waals surface area contributed by atoms with E-state index in [9.17, 15) is 0 Å². The van der Waals surface area contributed by atoms with Crippen LogP contribution in [-0.4, -0.2) is 32.8 Å². The van der Waals surface area contributed by atoms with E-state index in [2.05, 4.69) is 27.2 Å². The molecule has 0 bridgehead atoms. The lowest BCUT2D eigenvalue weighted by Gasteiger charge is -2.33. The van der Waals surface area contributed by atoms with Gasteiger partial charge in [-0.1, -0.05) is 12.1 Å². The van der Waals surface area contributed by atoms with Gasteiger partial charge in [-0.25, -0.2) is 4.98 Å². The zero-order valence-electron chi connectivity index (χ0n) is 16.1. The number of piperidine rings is 1. The second-order valence-electron chi connectivity index (χ2n) is 7.25. The van der Waals surface area contributed by atoms with E-state index in [4.69, 9.17) is 16.0 Å². The highest BCUT2D eigenvalue weighted by Crippen LogP contribution is 2.34. The Kier molecular flexibility index (Phi) is 4.70. The van der Waals surface area contributed by atoms with Crippen LogP contribution in [0.15, 0.2) is 36.4 Å². The van der Waals surface area contributed by atoms with E-state index in [0.717, 1.165) is 54.4 Å². The van der Waals surface area contributed by atoms with Crippen molar-refractivity contribution in [2.75, 3.05) is 23.7 Å². The van der Waals surface area contributed by atoms with Gasteiger partial charge in [0.05, 0.1) is 11.6 Å². The molecule has 0 radical (unpaired) electrons. The van der Waals surface area contributed by atoms with E-state index in [1.807, 2.05) is 48.9 Å². The third-order valence-electron chi connectivity index (χ3n) is 5.44. The molecule has 7 heteroatoms. The van der Waals surface area contributed by atoms with Crippen molar-refractivity contribution in [3.63, 3.8) is 0 Å². The lowest BCUT2D eigenvalue weighted by atomic mass is 9.95. The average molecular weight is 373 g/mol. The van der Waals surface area contributed by atoms with Crippen LogP contribution in [0.3, 0.4) is 0 Å². The summed E-state index contributed by atoms with van der Waals surface area (Å²) in [6.07, 6.45) is 1.96. The minimum absolute atomic E-state index is 0.356. The molecule has 2 aromatic heterocycles. The first-order valence-electron chi connectivity index (χ1n) is 9.44. The molecule has 4 rings (SSSR count). The molecule has 7 nitrogen and oxygen atoms in total. The summed E-state index contributed by atoms with van der Waals surface area (Å²) in [5, 5.41) is 17.3. The van der Waals surface area contributed by atoms with Gasteiger partial charge in [0.15, 0.2) is 0 Å². The number of hydrogen-bond acceptors (Lipinski definition) is 6. The molecule has 2 N–H and O–H groups in total. The lowest BCUT2D eigenvalue weighted by molar-refractivity contribution is 0.472. The highest BCUT2D eigenvalue weighted by Gasteiger charge is 2.26. The second-order valence-corrected chi connectivity index (χ2v) is 7.25. The average Bonchev–Trinajstić information content (AvgIpc) is 3.07. The molecule has 0 unspecified atom stereocenters. The Bertz CT molecular complexity index is 1020. The number of aryl methyl sites for hydroxylation is 1. The zero-order chi connectivity index (χ0) is 19.7. The van der Waals surface area contributed by atoms with Gasteiger partial charge in [-0.2, -0.15) is 5.26 Å². The predicted molar refractivity (Wildman–Crippen MR) is 109 cm³/mol. The Balaban J connectivity index is 1.59. The molecule has 1 aromatic carbocycles. The van der Waals surface area contributed by atoms with E-state index in [-0.39, 0.29) is 0 Å². The van der Waals surface area contributed by atoms with Gasteiger partial charge in [0.1, 0.15) is 11.6 Å². The standard InChI is InChI=1S/C21H23N7/c1-14-3-8-18(16-6-4-15(13-22)5-7-16)20(24-14)28-11-9-17(10-12-28)19-25-26-21(23)27(19)2/h3-8,17H,9-12H2,1-2H3,(H2,23,26). The van der Waals surface area contributed by atoms with Crippen molar-refractivity contribution in [1.29, 1.82) is 5.26 Å². The van der Waals surface area contributed by atoms with Crippen LogP contribution in [0, 0.1) is 18.3 Å². The van der Waals surface area contributed by atoms with Crippen LogP contribution < -0.4 is 10.6 Å². The maximum absolute atomic E-state index is 9.04. The number of nitrogens with two attached hydrogens (primary N) is 1. The number of pyridine rings is 1. The topological polar surface area (TPSA) is 96.6 Å². The number of benzene rings is 1. The largest absolute Gasteiger partial charge is 0.368 e. The lowest BCUT2D eigenvalue weighted by Crippen LogP contribution is -2.34. The van der Waals surface area contributed by atoms with Gasteiger partial charge in [0, 0.05) is 37.3 Å². The minimum atomic E-state index is 0.356. The Morgan fingerprint density at radius 1 is 1.07 bits per heavy atom. The van der Waals surface area contributed by atoms with Crippen molar-refractivity contribution in [3.05, 3.63) is 53.5 Å². The summed E-state index contributed by atoms with van der Waals surface area (Å²) in [5.41, 5.74) is 9.66. The van der Waals surface area contributed by atoms with Crippen LogP contribution >= 0.6 is 0 Å². The second kappa shape index (κ2) is 7.31. The maximum atomic E-state index is 9.04. The summed E-state index contributed by atoms with van der Waals surface area (Å²) < 4.78 is 1.88. The fraction of sp³-hybridized carbons (Fsp3) is 0.333. The molecule has 0 amide bonds. The third-order valence-corrected chi connectivity index (χ3v) is 5.44. The van der Waals surface area contributed by atoms with Gasteiger partial charge in [0.2, 0.25) is 5.95 Å². The molecule has 1 fully saturated rings. The summed E-state index contributed by atoms with van der Waals surface area (Å²) in [7, 11) is 1.92. The Labute approximate surface area is 164 Å². The number of nitrogen functional groups attached to an aromatic ring is 1. The van der Waals surface area contributed by atoms with Crippen LogP contribution in [0.25, 0.3) is 11.1 Å². The summed E-state index contributed by atoms with van der Waals surface area (Å²) >= 11 is 0. The first kappa shape index (κ1) is 18.0. The summed E-state index contributed by atoms with van der Waals surface area (Å²) in [5.74, 6) is 2.78. The van der Waals surface area contributed by atoms with Crippen molar-refractivity contribution < 1.29 is 0 Å². The summed E-state index contributed by atoms with van der Waals surface area (Å²) in [6, 6.07) is 14.0. The Hall–Kier alpha value is -3.40. The molecular formula is C21H23N7. The Morgan fingerprint density at radius 3 is 2.39 bits per heavy atom. The van der Waals surface area contributed by atoms with Gasteiger partial charge < -0.3 is 15.2 Å². The van der Waals surface area contributed by atoms with Crippen molar-refractivity contribution in [3.8, 4) is 17.2 Å². The van der Waals surface area contributed by atoms with E-state index in [1.54, 1.807) is 0 Å². The van der Waals surface area contributed by atoms with Crippen molar-refractivity contribution in [1.82, 2.24) is 19.7 Å². The van der Waals surface area contributed by atoms with Crippen LogP contribution in [-0.2, 0) is 7.05 Å². The first-order chi connectivity index (χ1) is 13.6. The molecule has 1 aliphatic heterocycles. The molecule has 3 heterocycles. The highest BCUT2D eigenvalue weighted by atomic mass is 15.3. The fourth-order valence-corrected chi connectivity index (χ4v) is 3.79. The summed E-state index contributed by atoms with van der Waals surface area (Å²) in [4.78, 5) is 7.19. The molecular weight excluding hydrogens is 350 g/mol. The number of aromatic nitrogens is 4. The van der Waals surface area contributed by atoms with Crippen molar-refractivity contribution in [2.24, 2.45) is 7.05 Å². The SMILES string of the molecule is Cc1ccc(-c2ccc(C#N)cc2)c(N2CCC(c3nnc(N)n3C)CC2)n1. The van der Waals surface area contributed by atoms with Crippen molar-refractivity contribution >= 4 is 11.8 Å². The molecule has 28 heavy (non-hydrogen) atoms. The normalized spacial score (nSPS) is 14.8. The zero-order valence-corrected chi connectivity index (χ0v) is 16.1. The van der Waals surface area contributed by atoms with Gasteiger partial charge in [0.25, 0.3) is 0 Å². The molecule has 0 atom stereocenters. The molecule has 1 saturated heterocycles. The van der Waals surface area contributed by atoms with E-state index in [1.165, 1.54) is 0 Å². The smallest absolute Gasteiger partial charge is 0.221 e. The maximum Gasteiger partial charge on any atom is 0.221 e. The van der Waals surface area contributed by atoms with Gasteiger partial charge in [-0.3, -0.25) is 0 Å². The van der Waals surface area contributed by atoms with Crippen LogP contribution in [0.2, 0.25) is 0 Å². The first-order valence-corrected chi connectivity index (χ1v) is 9.44. The van der Waals surface area contributed by atoms with Gasteiger partial charge >= 0.3 is 0 Å². The molecule has 0 aliphatic carbocycles. The number of hydrogen-bond donors (Lipinski definition) is 1. The highest BCUT2D eigenvalue weighted by molar-refractivity contribution is 5.76.